The lowest BCUT2D eigenvalue weighted by Gasteiger charge is -2.39. The van der Waals surface area contributed by atoms with Crippen molar-refractivity contribution in [2.75, 3.05) is 56.0 Å². The van der Waals surface area contributed by atoms with Crippen molar-refractivity contribution in [3.8, 4) is 0 Å². The highest BCUT2D eigenvalue weighted by Crippen LogP contribution is 2.20. The Bertz CT molecular complexity index is 1110. The molecule has 2 aliphatic rings. The molecule has 0 radical (unpaired) electrons. The minimum absolute atomic E-state index is 0.0627. The summed E-state index contributed by atoms with van der Waals surface area (Å²) >= 11 is 5.98. The van der Waals surface area contributed by atoms with Gasteiger partial charge in [-0.3, -0.25) is 24.1 Å². The van der Waals surface area contributed by atoms with Gasteiger partial charge in [0.15, 0.2) is 5.78 Å². The number of carbonyl (C=O) groups excluding carboxylic acids is 4. The summed E-state index contributed by atoms with van der Waals surface area (Å²) in [6, 6.07) is 13.4. The molecule has 0 spiro atoms. The van der Waals surface area contributed by atoms with Crippen LogP contribution in [0.25, 0.3) is 0 Å². The number of amides is 3. The Kier molecular flexibility index (Phi) is 8.22. The summed E-state index contributed by atoms with van der Waals surface area (Å²) in [5, 5.41) is 6.20. The van der Waals surface area contributed by atoms with Crippen molar-refractivity contribution in [2.24, 2.45) is 0 Å². The summed E-state index contributed by atoms with van der Waals surface area (Å²) in [5.41, 5.74) is 2.17. The molecule has 2 saturated heterocycles. The van der Waals surface area contributed by atoms with Gasteiger partial charge < -0.3 is 20.4 Å². The van der Waals surface area contributed by atoms with Crippen molar-refractivity contribution >= 4 is 46.5 Å². The third kappa shape index (κ3) is 6.41. The van der Waals surface area contributed by atoms with E-state index in [9.17, 15) is 19.2 Å². The Labute approximate surface area is 215 Å². The average Bonchev–Trinajstić information content (AvgIpc) is 2.86. The van der Waals surface area contributed by atoms with Crippen molar-refractivity contribution < 1.29 is 19.2 Å². The second-order valence-electron chi connectivity index (χ2n) is 9.02. The van der Waals surface area contributed by atoms with Gasteiger partial charge in [-0.2, -0.15) is 0 Å². The predicted octanol–water partition coefficient (Wildman–Crippen LogP) is 2.02. The minimum atomic E-state index is -0.863. The molecule has 0 bridgehead atoms. The van der Waals surface area contributed by atoms with E-state index in [-0.39, 0.29) is 36.5 Å². The number of benzene rings is 2. The number of hydrogen-bond acceptors (Lipinski definition) is 6. The Balaban J connectivity index is 1.31. The average molecular weight is 512 g/mol. The summed E-state index contributed by atoms with van der Waals surface area (Å²) < 4.78 is 0. The number of piperazine rings is 2. The molecule has 2 N–H and O–H groups in total. The number of rotatable bonds is 7. The molecular formula is C26H30ClN5O4. The number of carbonyl (C=O) groups is 4. The molecule has 2 fully saturated rings. The van der Waals surface area contributed by atoms with Crippen LogP contribution in [-0.2, 0) is 14.4 Å². The lowest BCUT2D eigenvalue weighted by atomic mass is 10.1. The molecule has 9 nitrogen and oxygen atoms in total. The first-order valence-corrected chi connectivity index (χ1v) is 12.4. The van der Waals surface area contributed by atoms with Gasteiger partial charge in [0.05, 0.1) is 13.0 Å². The third-order valence-electron chi connectivity index (χ3n) is 6.53. The summed E-state index contributed by atoms with van der Waals surface area (Å²) in [5.74, 6) is -0.924. The van der Waals surface area contributed by atoms with E-state index < -0.39 is 6.04 Å². The quantitative estimate of drug-likeness (QED) is 0.551. The number of nitrogens with zero attached hydrogens (tertiary/aromatic N) is 3. The van der Waals surface area contributed by atoms with E-state index in [4.69, 9.17) is 11.6 Å². The molecule has 2 aromatic carbocycles. The third-order valence-corrected chi connectivity index (χ3v) is 6.78. The van der Waals surface area contributed by atoms with Crippen LogP contribution < -0.4 is 15.5 Å². The fourth-order valence-corrected chi connectivity index (χ4v) is 4.62. The fourth-order valence-electron chi connectivity index (χ4n) is 4.49. The zero-order valence-electron chi connectivity index (χ0n) is 20.2. The van der Waals surface area contributed by atoms with E-state index in [1.165, 1.54) is 11.8 Å². The van der Waals surface area contributed by atoms with Gasteiger partial charge in [-0.1, -0.05) is 11.6 Å². The van der Waals surface area contributed by atoms with Crippen LogP contribution in [0.5, 0.6) is 0 Å². The van der Waals surface area contributed by atoms with Gasteiger partial charge in [-0.05, 0) is 55.5 Å². The zero-order chi connectivity index (χ0) is 25.7. The molecule has 2 aliphatic heterocycles. The highest BCUT2D eigenvalue weighted by molar-refractivity contribution is 6.30. The largest absolute Gasteiger partial charge is 0.369 e. The van der Waals surface area contributed by atoms with Gasteiger partial charge >= 0.3 is 0 Å². The normalized spacial score (nSPS) is 18.5. The molecule has 190 valence electrons. The molecule has 0 aliphatic carbocycles. The molecule has 1 atom stereocenters. The first-order chi connectivity index (χ1) is 17.3. The Morgan fingerprint density at radius 3 is 2.28 bits per heavy atom. The maximum atomic E-state index is 13.2. The minimum Gasteiger partial charge on any atom is -0.369 e. The highest BCUT2D eigenvalue weighted by Gasteiger charge is 2.35. The van der Waals surface area contributed by atoms with E-state index in [0.29, 0.717) is 29.4 Å². The zero-order valence-corrected chi connectivity index (χ0v) is 21.0. The maximum absolute atomic E-state index is 13.2. The summed E-state index contributed by atoms with van der Waals surface area (Å²) in [6.07, 6.45) is -0.142. The highest BCUT2D eigenvalue weighted by atomic mass is 35.5. The van der Waals surface area contributed by atoms with Crippen LogP contribution in [-0.4, -0.2) is 85.2 Å². The van der Waals surface area contributed by atoms with E-state index >= 15 is 0 Å². The number of ketones is 1. The first kappa shape index (κ1) is 25.7. The van der Waals surface area contributed by atoms with Gasteiger partial charge in [0.1, 0.15) is 6.04 Å². The van der Waals surface area contributed by atoms with Gasteiger partial charge in [-0.15, -0.1) is 0 Å². The molecular weight excluding hydrogens is 482 g/mol. The predicted molar refractivity (Wildman–Crippen MR) is 138 cm³/mol. The SMILES string of the molecule is CC(=O)c1ccc(NC(=O)C[C@H]2C(=O)NCCN2C(=O)CN2CCN(c3ccc(Cl)cc3)CC2)cc1. The van der Waals surface area contributed by atoms with Gasteiger partial charge in [-0.25, -0.2) is 0 Å². The molecule has 36 heavy (non-hydrogen) atoms. The molecule has 4 rings (SSSR count). The summed E-state index contributed by atoms with van der Waals surface area (Å²) in [4.78, 5) is 55.7. The standard InChI is InChI=1S/C26H30ClN5O4/c1-18(33)19-2-6-21(7-3-19)29-24(34)16-23-26(36)28-10-11-32(23)25(35)17-30-12-14-31(15-13-30)22-8-4-20(27)5-9-22/h2-9,23H,10-17H2,1H3,(H,28,36)(H,29,34)/t23-/m0/s1. The van der Waals surface area contributed by atoms with Crippen LogP contribution in [0.1, 0.15) is 23.7 Å². The Hall–Kier alpha value is -3.43. The second-order valence-corrected chi connectivity index (χ2v) is 9.46. The van der Waals surface area contributed by atoms with Crippen LogP contribution in [0, 0.1) is 0 Å². The molecule has 0 saturated carbocycles. The maximum Gasteiger partial charge on any atom is 0.243 e. The topological polar surface area (TPSA) is 102 Å². The fraction of sp³-hybridized carbons (Fsp3) is 0.385. The smallest absolute Gasteiger partial charge is 0.243 e. The van der Waals surface area contributed by atoms with Crippen LogP contribution in [0.4, 0.5) is 11.4 Å². The van der Waals surface area contributed by atoms with Crippen molar-refractivity contribution in [1.29, 1.82) is 0 Å². The van der Waals surface area contributed by atoms with Gasteiger partial charge in [0, 0.05) is 61.2 Å². The number of anilines is 2. The monoisotopic (exact) mass is 511 g/mol. The molecule has 0 unspecified atom stereocenters. The summed E-state index contributed by atoms with van der Waals surface area (Å²) in [7, 11) is 0. The molecule has 0 aromatic heterocycles. The molecule has 2 heterocycles. The number of nitrogens with one attached hydrogen (secondary N) is 2. The van der Waals surface area contributed by atoms with Crippen LogP contribution in [0.15, 0.2) is 48.5 Å². The van der Waals surface area contributed by atoms with Crippen molar-refractivity contribution in [3.05, 3.63) is 59.1 Å². The van der Waals surface area contributed by atoms with E-state index in [1.807, 2.05) is 24.3 Å². The Morgan fingerprint density at radius 1 is 0.972 bits per heavy atom. The van der Waals surface area contributed by atoms with Crippen molar-refractivity contribution in [1.82, 2.24) is 15.1 Å². The van der Waals surface area contributed by atoms with Crippen LogP contribution in [0.2, 0.25) is 5.02 Å². The Morgan fingerprint density at radius 2 is 1.64 bits per heavy atom. The molecule has 10 heteroatoms. The number of Topliss-reactive ketones (excluding diaryl/α,β-unsaturated/α-hetero) is 1. The van der Waals surface area contributed by atoms with Gasteiger partial charge in [0.2, 0.25) is 17.7 Å². The molecule has 2 aromatic rings. The van der Waals surface area contributed by atoms with E-state index in [0.717, 1.165) is 31.9 Å². The first-order valence-electron chi connectivity index (χ1n) is 12.0. The number of hydrogen-bond donors (Lipinski definition) is 2. The van der Waals surface area contributed by atoms with Crippen molar-refractivity contribution in [2.45, 2.75) is 19.4 Å². The van der Waals surface area contributed by atoms with Gasteiger partial charge in [0.25, 0.3) is 0 Å². The van der Waals surface area contributed by atoms with Crippen LogP contribution in [0.3, 0.4) is 0 Å². The lowest BCUT2D eigenvalue weighted by molar-refractivity contribution is -0.145. The second kappa shape index (κ2) is 11.5. The van der Waals surface area contributed by atoms with Crippen LogP contribution >= 0.6 is 11.6 Å². The van der Waals surface area contributed by atoms with E-state index in [2.05, 4.69) is 20.4 Å². The molecule has 3 amide bonds. The van der Waals surface area contributed by atoms with Crippen molar-refractivity contribution in [3.63, 3.8) is 0 Å². The number of halogens is 1. The summed E-state index contributed by atoms with van der Waals surface area (Å²) in [6.45, 7) is 5.39. The lowest BCUT2D eigenvalue weighted by Crippen LogP contribution is -2.60. The van der Waals surface area contributed by atoms with E-state index in [1.54, 1.807) is 24.3 Å².